The van der Waals surface area contributed by atoms with Gasteiger partial charge in [-0.1, -0.05) is 290 Å². The molecule has 0 saturated heterocycles. The van der Waals surface area contributed by atoms with E-state index in [9.17, 15) is 0 Å². The minimum atomic E-state index is 0. The summed E-state index contributed by atoms with van der Waals surface area (Å²) in [6, 6.07) is 0. The topological polar surface area (TPSA) is 0 Å². The Balaban J connectivity index is 0. The number of hydrogen-bond donors (Lipinski definition) is 0. The van der Waals surface area contributed by atoms with E-state index >= 15 is 0 Å². The van der Waals surface area contributed by atoms with Gasteiger partial charge in [-0.25, -0.2) is 0 Å². The summed E-state index contributed by atoms with van der Waals surface area (Å²) in [5.74, 6) is 0. The van der Waals surface area contributed by atoms with Crippen LogP contribution in [0, 0.1) is 0 Å². The first-order valence-corrected chi connectivity index (χ1v) is 27.5. The fourth-order valence-electron chi connectivity index (χ4n) is 9.46. The second-order valence-corrected chi connectivity index (χ2v) is 19.7. The van der Waals surface area contributed by atoms with Gasteiger partial charge in [0.25, 0.3) is 0 Å². The van der Waals surface area contributed by atoms with Crippen molar-refractivity contribution in [3.8, 4) is 0 Å². The van der Waals surface area contributed by atoms with Gasteiger partial charge in [0.2, 0.25) is 0 Å². The van der Waals surface area contributed by atoms with Gasteiger partial charge < -0.3 is 16.9 Å². The maximum Gasteiger partial charge on any atom is 0.0784 e. The lowest BCUT2D eigenvalue weighted by atomic mass is 10.0. The molecule has 0 N–H and O–H groups in total. The summed E-state index contributed by atoms with van der Waals surface area (Å²) >= 11 is 0. The molecule has 0 bridgehead atoms. The number of halogens is 1. The monoisotopic (exact) mass is 824 g/mol. The Hall–Kier alpha value is 0.250. The van der Waals surface area contributed by atoms with Crippen LogP contribution in [0.25, 0.3) is 0 Å². The van der Waals surface area contributed by atoms with Crippen molar-refractivity contribution in [3.05, 3.63) is 0 Å². The van der Waals surface area contributed by atoms with Crippen LogP contribution in [0.4, 0.5) is 0 Å². The van der Waals surface area contributed by atoms with E-state index in [0.717, 1.165) is 0 Å². The van der Waals surface area contributed by atoms with E-state index in [-0.39, 0.29) is 12.4 Å². The van der Waals surface area contributed by atoms with Gasteiger partial charge in [-0.2, -0.15) is 0 Å². The van der Waals surface area contributed by atoms with Gasteiger partial charge in [0.05, 0.1) is 26.7 Å². The van der Waals surface area contributed by atoms with Crippen molar-refractivity contribution in [1.82, 2.24) is 0 Å². The van der Waals surface area contributed by atoms with Gasteiger partial charge in [-0.05, 0) is 38.5 Å². The van der Waals surface area contributed by atoms with E-state index in [1.165, 1.54) is 332 Å². The van der Waals surface area contributed by atoms with E-state index in [1.54, 1.807) is 0 Å². The van der Waals surface area contributed by atoms with E-state index < -0.39 is 0 Å². The summed E-state index contributed by atoms with van der Waals surface area (Å²) in [5, 5.41) is 0. The Labute approximate surface area is 371 Å². The van der Waals surface area contributed by atoms with Crippen LogP contribution in [-0.2, 0) is 0 Å². The average molecular weight is 825 g/mol. The minimum Gasteiger partial charge on any atom is -1.00 e. The zero-order chi connectivity index (χ0) is 40.6. The molecule has 0 aliphatic heterocycles. The Kier molecular flexibility index (Phi) is 54.5. The van der Waals surface area contributed by atoms with Crippen molar-refractivity contribution >= 4 is 0 Å². The van der Waals surface area contributed by atoms with Crippen molar-refractivity contribution in [3.63, 3.8) is 0 Å². The largest absolute Gasteiger partial charge is 1.00 e. The van der Waals surface area contributed by atoms with Crippen LogP contribution in [-0.4, -0.2) is 31.2 Å². The van der Waals surface area contributed by atoms with E-state index in [0.29, 0.717) is 0 Å². The first-order valence-electron chi connectivity index (χ1n) is 27.5. The molecule has 0 radical (unpaired) electrons. The van der Waals surface area contributed by atoms with Crippen LogP contribution in [0.15, 0.2) is 0 Å². The summed E-state index contributed by atoms with van der Waals surface area (Å²) in [5.41, 5.74) is 0. The zero-order valence-electron chi connectivity index (χ0n) is 40.9. The van der Waals surface area contributed by atoms with Gasteiger partial charge in [0, 0.05) is 0 Å². The first-order chi connectivity index (χ1) is 27.7. The molecule has 0 aromatic carbocycles. The maximum absolute atomic E-state index is 2.64. The van der Waals surface area contributed by atoms with Gasteiger partial charge in [0.1, 0.15) is 0 Å². The summed E-state index contributed by atoms with van der Waals surface area (Å²) in [6.07, 6.45) is 70.7. The molecular formula is C55H114ClN. The highest BCUT2D eigenvalue weighted by Crippen LogP contribution is 2.19. The van der Waals surface area contributed by atoms with E-state index in [4.69, 9.17) is 0 Å². The Morgan fingerprint density at radius 1 is 0.175 bits per heavy atom. The molecule has 0 aliphatic rings. The van der Waals surface area contributed by atoms with Crippen molar-refractivity contribution in [2.75, 3.05) is 26.7 Å². The standard InChI is InChI=1S/C55H114N.ClH/c1-5-8-11-14-17-20-23-26-29-32-35-38-41-44-47-50-53-56(4,54-51-48-45-42-39-36-33-30-27-24-21-18-15-12-9-6-2)55-52-49-46-43-40-37-34-31-28-25-22-19-16-13-10-7-3;/h5-55H2,1-4H3;1H/q+1;/p-1. The lowest BCUT2D eigenvalue weighted by molar-refractivity contribution is -0.910. The highest BCUT2D eigenvalue weighted by Gasteiger charge is 2.20. The lowest BCUT2D eigenvalue weighted by Gasteiger charge is -2.35. The summed E-state index contributed by atoms with van der Waals surface area (Å²) in [7, 11) is 2.64. The molecule has 0 atom stereocenters. The van der Waals surface area contributed by atoms with Crippen LogP contribution < -0.4 is 12.4 Å². The number of nitrogens with zero attached hydrogens (tertiary/aromatic N) is 1. The third kappa shape index (κ3) is 50.5. The quantitative estimate of drug-likeness (QED) is 0.0423. The van der Waals surface area contributed by atoms with Crippen molar-refractivity contribution in [2.45, 2.75) is 329 Å². The summed E-state index contributed by atoms with van der Waals surface area (Å²) < 4.78 is 1.37. The highest BCUT2D eigenvalue weighted by atomic mass is 35.5. The molecule has 0 aromatic rings. The molecule has 0 rings (SSSR count). The third-order valence-corrected chi connectivity index (χ3v) is 13.7. The smallest absolute Gasteiger partial charge is 0.0784 e. The van der Waals surface area contributed by atoms with Crippen molar-refractivity contribution < 1.29 is 16.9 Å². The predicted octanol–water partition coefficient (Wildman–Crippen LogP) is 17.2. The van der Waals surface area contributed by atoms with Crippen molar-refractivity contribution in [2.24, 2.45) is 0 Å². The lowest BCUT2D eigenvalue weighted by Crippen LogP contribution is -3.00. The average Bonchev–Trinajstić information content (AvgIpc) is 3.20. The van der Waals surface area contributed by atoms with Crippen LogP contribution >= 0.6 is 0 Å². The van der Waals surface area contributed by atoms with Gasteiger partial charge in [0.15, 0.2) is 0 Å². The minimum absolute atomic E-state index is 0. The fourth-order valence-corrected chi connectivity index (χ4v) is 9.46. The third-order valence-electron chi connectivity index (χ3n) is 13.7. The Morgan fingerprint density at radius 2 is 0.281 bits per heavy atom. The van der Waals surface area contributed by atoms with Gasteiger partial charge in [-0.15, -0.1) is 0 Å². The molecule has 346 valence electrons. The number of rotatable bonds is 51. The molecule has 0 aromatic heterocycles. The first kappa shape index (κ1) is 59.3. The van der Waals surface area contributed by atoms with Crippen molar-refractivity contribution in [1.29, 1.82) is 0 Å². The second-order valence-electron chi connectivity index (χ2n) is 19.7. The zero-order valence-corrected chi connectivity index (χ0v) is 41.6. The van der Waals surface area contributed by atoms with Crippen LogP contribution in [0.1, 0.15) is 329 Å². The molecule has 0 amide bonds. The predicted molar refractivity (Wildman–Crippen MR) is 259 cm³/mol. The molecule has 0 fully saturated rings. The van der Waals surface area contributed by atoms with Crippen LogP contribution in [0.3, 0.4) is 0 Å². The number of quaternary nitrogens is 1. The number of unbranched alkanes of at least 4 members (excludes halogenated alkanes) is 45. The summed E-state index contributed by atoms with van der Waals surface area (Å²) in [4.78, 5) is 0. The fraction of sp³-hybridized carbons (Fsp3) is 1.00. The molecule has 57 heavy (non-hydrogen) atoms. The second kappa shape index (κ2) is 52.4. The Bertz CT molecular complexity index is 589. The summed E-state index contributed by atoms with van der Waals surface area (Å²) in [6.45, 7) is 11.3. The molecule has 0 saturated carbocycles. The van der Waals surface area contributed by atoms with Gasteiger partial charge in [-0.3, -0.25) is 0 Å². The normalized spacial score (nSPS) is 11.8. The number of hydrogen-bond acceptors (Lipinski definition) is 0. The van der Waals surface area contributed by atoms with Gasteiger partial charge >= 0.3 is 0 Å². The molecule has 0 heterocycles. The molecule has 2 heteroatoms. The maximum atomic E-state index is 2.64. The van der Waals surface area contributed by atoms with Crippen LogP contribution in [0.5, 0.6) is 0 Å². The van der Waals surface area contributed by atoms with E-state index in [2.05, 4.69) is 27.8 Å². The Morgan fingerprint density at radius 3 is 0.404 bits per heavy atom. The van der Waals surface area contributed by atoms with Crippen LogP contribution in [0.2, 0.25) is 0 Å². The van der Waals surface area contributed by atoms with E-state index in [1.807, 2.05) is 0 Å². The highest BCUT2D eigenvalue weighted by molar-refractivity contribution is 4.55. The molecule has 1 nitrogen and oxygen atoms in total. The molecular weight excluding hydrogens is 710 g/mol. The molecule has 0 aliphatic carbocycles. The SMILES string of the molecule is CCCCCCCCCCCCCCCCCC[N+](C)(CCCCCCCCCCCCCCCCCC)CCCCCCCCCCCCCCCCCC.[Cl-]. The molecule has 0 spiro atoms. The molecule has 0 unspecified atom stereocenters.